The molecule has 162 valence electrons. The van der Waals surface area contributed by atoms with Gasteiger partial charge in [-0.15, -0.1) is 0 Å². The Morgan fingerprint density at radius 3 is 2.22 bits per heavy atom. The molecule has 0 atom stereocenters. The Balaban J connectivity index is 1.86. The van der Waals surface area contributed by atoms with E-state index in [1.54, 1.807) is 36.4 Å². The molecular formula is C24H21N3O5. The summed E-state index contributed by atoms with van der Waals surface area (Å²) in [5.41, 5.74) is 2.94. The van der Waals surface area contributed by atoms with Crippen LogP contribution in [-0.4, -0.2) is 47.0 Å². The van der Waals surface area contributed by atoms with Crippen LogP contribution in [0.2, 0.25) is 0 Å². The summed E-state index contributed by atoms with van der Waals surface area (Å²) in [5.74, 6) is 1.07. The fraction of sp³-hybridized carbons (Fsp3) is 0.125. The van der Waals surface area contributed by atoms with Gasteiger partial charge in [0.1, 0.15) is 18.4 Å². The van der Waals surface area contributed by atoms with Gasteiger partial charge >= 0.3 is 0 Å². The number of aromatic nitrogens is 3. The summed E-state index contributed by atoms with van der Waals surface area (Å²) < 4.78 is 17.7. The Kier molecular flexibility index (Phi) is 5.76. The summed E-state index contributed by atoms with van der Waals surface area (Å²) >= 11 is 0. The van der Waals surface area contributed by atoms with Gasteiger partial charge in [0.15, 0.2) is 17.3 Å². The first-order valence-corrected chi connectivity index (χ1v) is 9.69. The minimum absolute atomic E-state index is 0.155. The third-order valence-electron chi connectivity index (χ3n) is 5.01. The summed E-state index contributed by atoms with van der Waals surface area (Å²) in [4.78, 5) is 17.6. The van der Waals surface area contributed by atoms with Crippen molar-refractivity contribution in [2.75, 3.05) is 21.3 Å². The quantitative estimate of drug-likeness (QED) is 0.444. The molecule has 0 amide bonds. The minimum atomic E-state index is -0.253. The first kappa shape index (κ1) is 20.9. The minimum Gasteiger partial charge on any atom is -0.508 e. The van der Waals surface area contributed by atoms with Crippen LogP contribution in [0.15, 0.2) is 67.3 Å². The van der Waals surface area contributed by atoms with Crippen molar-refractivity contribution in [3.8, 4) is 39.8 Å². The molecule has 0 bridgehead atoms. The van der Waals surface area contributed by atoms with Gasteiger partial charge in [-0.1, -0.05) is 18.2 Å². The van der Waals surface area contributed by atoms with Crippen molar-refractivity contribution in [1.29, 1.82) is 0 Å². The molecule has 8 heteroatoms. The normalized spacial score (nSPS) is 10.6. The molecule has 0 fully saturated rings. The number of hydrogen-bond acceptors (Lipinski definition) is 7. The smallest absolute Gasteiger partial charge is 0.203 e. The summed E-state index contributed by atoms with van der Waals surface area (Å²) in [7, 11) is 4.50. The van der Waals surface area contributed by atoms with E-state index in [2.05, 4.69) is 10.1 Å². The van der Waals surface area contributed by atoms with Gasteiger partial charge in [-0.25, -0.2) is 9.67 Å². The van der Waals surface area contributed by atoms with Crippen LogP contribution in [0.25, 0.3) is 16.8 Å². The van der Waals surface area contributed by atoms with Crippen molar-refractivity contribution in [3.63, 3.8) is 0 Å². The largest absolute Gasteiger partial charge is 0.508 e. The third kappa shape index (κ3) is 3.85. The molecule has 4 rings (SSSR count). The van der Waals surface area contributed by atoms with Gasteiger partial charge in [-0.2, -0.15) is 5.10 Å². The van der Waals surface area contributed by atoms with Crippen molar-refractivity contribution in [2.24, 2.45) is 0 Å². The summed E-state index contributed by atoms with van der Waals surface area (Å²) in [6.07, 6.45) is 2.92. The number of nitrogens with zero attached hydrogens (tertiary/aromatic N) is 3. The predicted octanol–water partition coefficient (Wildman–Crippen LogP) is 3.90. The van der Waals surface area contributed by atoms with Gasteiger partial charge in [0.2, 0.25) is 5.75 Å². The van der Waals surface area contributed by atoms with Crippen molar-refractivity contribution in [1.82, 2.24) is 14.8 Å². The lowest BCUT2D eigenvalue weighted by Gasteiger charge is -2.15. The fourth-order valence-electron chi connectivity index (χ4n) is 3.48. The molecule has 1 aromatic heterocycles. The molecule has 0 aliphatic carbocycles. The summed E-state index contributed by atoms with van der Waals surface area (Å²) in [6.45, 7) is 0. The van der Waals surface area contributed by atoms with E-state index < -0.39 is 0 Å². The maximum absolute atomic E-state index is 13.5. The maximum Gasteiger partial charge on any atom is 0.203 e. The van der Waals surface area contributed by atoms with E-state index in [-0.39, 0.29) is 11.5 Å². The first-order chi connectivity index (χ1) is 15.5. The zero-order valence-corrected chi connectivity index (χ0v) is 17.8. The Hall–Kier alpha value is -4.33. The number of carbonyl (C=O) groups is 1. The van der Waals surface area contributed by atoms with E-state index >= 15 is 0 Å². The van der Waals surface area contributed by atoms with Crippen LogP contribution in [0.1, 0.15) is 15.9 Å². The number of methoxy groups -OCH3 is 3. The zero-order valence-electron chi connectivity index (χ0n) is 17.8. The molecule has 0 aliphatic heterocycles. The van der Waals surface area contributed by atoms with E-state index in [1.165, 1.54) is 38.7 Å². The van der Waals surface area contributed by atoms with E-state index in [4.69, 9.17) is 14.2 Å². The molecular weight excluding hydrogens is 410 g/mol. The second-order valence-electron chi connectivity index (χ2n) is 6.87. The van der Waals surface area contributed by atoms with Crippen LogP contribution in [0.5, 0.6) is 23.0 Å². The van der Waals surface area contributed by atoms with Crippen LogP contribution < -0.4 is 14.2 Å². The first-order valence-electron chi connectivity index (χ1n) is 9.69. The molecule has 8 nitrogen and oxygen atoms in total. The average Bonchev–Trinajstić information content (AvgIpc) is 3.37. The zero-order chi connectivity index (χ0) is 22.7. The second-order valence-corrected chi connectivity index (χ2v) is 6.87. The van der Waals surface area contributed by atoms with E-state index in [9.17, 15) is 9.90 Å². The lowest BCUT2D eigenvalue weighted by Crippen LogP contribution is -2.09. The monoisotopic (exact) mass is 431 g/mol. The Labute approximate surface area is 184 Å². The average molecular weight is 431 g/mol. The van der Waals surface area contributed by atoms with Crippen LogP contribution in [0, 0.1) is 0 Å². The molecule has 4 aromatic rings. The number of aromatic hydroxyl groups is 1. The molecule has 0 unspecified atom stereocenters. The molecule has 32 heavy (non-hydrogen) atoms. The predicted molar refractivity (Wildman–Crippen MR) is 118 cm³/mol. The van der Waals surface area contributed by atoms with Crippen molar-refractivity contribution in [2.45, 2.75) is 0 Å². The lowest BCUT2D eigenvalue weighted by atomic mass is 9.96. The van der Waals surface area contributed by atoms with Crippen LogP contribution in [0.3, 0.4) is 0 Å². The highest BCUT2D eigenvalue weighted by Crippen LogP contribution is 2.39. The van der Waals surface area contributed by atoms with Crippen LogP contribution in [0.4, 0.5) is 0 Å². The number of carbonyl (C=O) groups excluding carboxylic acids is 1. The number of rotatable bonds is 7. The SMILES string of the molecule is COc1cc(C(=O)c2ccc(-c3cccc(O)c3)cc2-n2cncn2)cc(OC)c1OC. The van der Waals surface area contributed by atoms with Crippen LogP contribution in [-0.2, 0) is 0 Å². The standard InChI is InChI=1S/C24H21N3O5/c1-30-21-11-17(12-22(31-2)24(21)32-3)23(29)19-8-7-16(15-5-4-6-18(28)9-15)10-20(19)27-14-25-13-26-27/h4-14,28H,1-3H3. The molecule has 0 aliphatic rings. The number of ketones is 1. The van der Waals surface area contributed by atoms with Gasteiger partial charge in [-0.05, 0) is 47.5 Å². The molecule has 3 aromatic carbocycles. The third-order valence-corrected chi connectivity index (χ3v) is 5.01. The van der Waals surface area contributed by atoms with E-state index in [1.807, 2.05) is 18.2 Å². The highest BCUT2D eigenvalue weighted by atomic mass is 16.5. The lowest BCUT2D eigenvalue weighted by molar-refractivity contribution is 0.103. The van der Waals surface area contributed by atoms with Crippen molar-refractivity contribution >= 4 is 5.78 Å². The highest BCUT2D eigenvalue weighted by Gasteiger charge is 2.21. The number of ether oxygens (including phenoxy) is 3. The molecule has 0 saturated heterocycles. The maximum atomic E-state index is 13.5. The van der Waals surface area contributed by atoms with Gasteiger partial charge in [-0.3, -0.25) is 4.79 Å². The fourth-order valence-corrected chi connectivity index (χ4v) is 3.48. The Bertz CT molecular complexity index is 1240. The molecule has 1 heterocycles. The van der Waals surface area contributed by atoms with Crippen molar-refractivity contribution < 1.29 is 24.1 Å². The van der Waals surface area contributed by atoms with E-state index in [0.29, 0.717) is 34.1 Å². The van der Waals surface area contributed by atoms with Gasteiger partial charge in [0.05, 0.1) is 27.0 Å². The second kappa shape index (κ2) is 8.81. The molecule has 0 spiro atoms. The molecule has 0 radical (unpaired) electrons. The summed E-state index contributed by atoms with van der Waals surface area (Å²) in [5, 5.41) is 14.0. The van der Waals surface area contributed by atoms with E-state index in [0.717, 1.165) is 11.1 Å². The van der Waals surface area contributed by atoms with Gasteiger partial charge in [0, 0.05) is 11.1 Å². The van der Waals surface area contributed by atoms with Gasteiger partial charge < -0.3 is 19.3 Å². The van der Waals surface area contributed by atoms with Gasteiger partial charge in [0.25, 0.3) is 0 Å². The van der Waals surface area contributed by atoms with Crippen molar-refractivity contribution in [3.05, 3.63) is 78.4 Å². The Morgan fingerprint density at radius 2 is 1.62 bits per heavy atom. The molecule has 1 N–H and O–H groups in total. The number of hydrogen-bond donors (Lipinski definition) is 1. The Morgan fingerprint density at radius 1 is 0.906 bits per heavy atom. The highest BCUT2D eigenvalue weighted by molar-refractivity contribution is 6.12. The number of benzene rings is 3. The topological polar surface area (TPSA) is 95.7 Å². The molecule has 0 saturated carbocycles. The number of phenolic OH excluding ortho intramolecular Hbond substituents is 1. The van der Waals surface area contributed by atoms with Crippen LogP contribution >= 0.6 is 0 Å². The summed E-state index contributed by atoms with van der Waals surface area (Å²) in [6, 6.07) is 15.5. The number of phenols is 1.